The van der Waals surface area contributed by atoms with Crippen LogP contribution in [0.4, 0.5) is 0 Å². The SMILES string of the molecule is CC(=O)c1cnnc(SC(C)C)n1. The first kappa shape index (κ1) is 10.1. The molecule has 5 heteroatoms. The number of thioether (sulfide) groups is 1. The van der Waals surface area contributed by atoms with Crippen LogP contribution in [0, 0.1) is 0 Å². The summed E-state index contributed by atoms with van der Waals surface area (Å²) in [7, 11) is 0. The highest BCUT2D eigenvalue weighted by molar-refractivity contribution is 7.99. The van der Waals surface area contributed by atoms with Crippen molar-refractivity contribution >= 4 is 17.5 Å². The standard InChI is InChI=1S/C8H11N3OS/c1-5(2)13-8-10-7(6(3)12)4-9-11-8/h4-5H,1-3H3. The lowest BCUT2D eigenvalue weighted by molar-refractivity contribution is 0.101. The average Bonchev–Trinajstić information content (AvgIpc) is 2.03. The summed E-state index contributed by atoms with van der Waals surface area (Å²) in [4.78, 5) is 15.0. The van der Waals surface area contributed by atoms with Gasteiger partial charge in [-0.15, -0.1) is 5.10 Å². The second-order valence-electron chi connectivity index (χ2n) is 2.85. The minimum atomic E-state index is -0.0829. The first-order chi connectivity index (χ1) is 6.09. The van der Waals surface area contributed by atoms with E-state index in [-0.39, 0.29) is 5.78 Å². The van der Waals surface area contributed by atoms with Crippen LogP contribution in [0.3, 0.4) is 0 Å². The molecule has 4 nitrogen and oxygen atoms in total. The summed E-state index contributed by atoms with van der Waals surface area (Å²) in [6.07, 6.45) is 1.38. The van der Waals surface area contributed by atoms with E-state index in [0.29, 0.717) is 16.1 Å². The van der Waals surface area contributed by atoms with Crippen LogP contribution in [0.15, 0.2) is 11.4 Å². The minimum absolute atomic E-state index is 0.0829. The monoisotopic (exact) mass is 197 g/mol. The third kappa shape index (κ3) is 3.10. The predicted octanol–water partition coefficient (Wildman–Crippen LogP) is 1.57. The van der Waals surface area contributed by atoms with Crippen LogP contribution in [-0.2, 0) is 0 Å². The lowest BCUT2D eigenvalue weighted by atomic mass is 10.3. The van der Waals surface area contributed by atoms with Gasteiger partial charge in [0.1, 0.15) is 5.69 Å². The molecule has 1 aromatic heterocycles. The van der Waals surface area contributed by atoms with E-state index in [9.17, 15) is 4.79 Å². The van der Waals surface area contributed by atoms with Gasteiger partial charge >= 0.3 is 0 Å². The van der Waals surface area contributed by atoms with Gasteiger partial charge in [0.15, 0.2) is 5.78 Å². The maximum atomic E-state index is 10.9. The lowest BCUT2D eigenvalue weighted by Gasteiger charge is -2.01. The van der Waals surface area contributed by atoms with Crippen LogP contribution < -0.4 is 0 Å². The summed E-state index contributed by atoms with van der Waals surface area (Å²) in [6, 6.07) is 0. The van der Waals surface area contributed by atoms with Crippen molar-refractivity contribution in [2.24, 2.45) is 0 Å². The summed E-state index contributed by atoms with van der Waals surface area (Å²) in [5.41, 5.74) is 0.373. The van der Waals surface area contributed by atoms with E-state index in [2.05, 4.69) is 15.2 Å². The number of rotatable bonds is 3. The number of aromatic nitrogens is 3. The molecule has 0 fully saturated rings. The summed E-state index contributed by atoms with van der Waals surface area (Å²) in [6.45, 7) is 5.54. The molecular formula is C8H11N3OS. The lowest BCUT2D eigenvalue weighted by Crippen LogP contribution is -2.02. The van der Waals surface area contributed by atoms with Crippen molar-refractivity contribution in [2.75, 3.05) is 0 Å². The molecule has 0 aliphatic heterocycles. The topological polar surface area (TPSA) is 55.7 Å². The van der Waals surface area contributed by atoms with E-state index in [4.69, 9.17) is 0 Å². The van der Waals surface area contributed by atoms with Crippen LogP contribution >= 0.6 is 11.8 Å². The van der Waals surface area contributed by atoms with E-state index < -0.39 is 0 Å². The number of nitrogens with zero attached hydrogens (tertiary/aromatic N) is 3. The zero-order valence-electron chi connectivity index (χ0n) is 7.81. The molecule has 0 spiro atoms. The Bertz CT molecular complexity index is 314. The van der Waals surface area contributed by atoms with Crippen molar-refractivity contribution in [1.82, 2.24) is 15.2 Å². The zero-order chi connectivity index (χ0) is 9.84. The van der Waals surface area contributed by atoms with Gasteiger partial charge in [-0.25, -0.2) is 4.98 Å². The molecule has 1 rings (SSSR count). The number of hydrogen-bond acceptors (Lipinski definition) is 5. The second kappa shape index (κ2) is 4.32. The summed E-state index contributed by atoms with van der Waals surface area (Å²) in [5.74, 6) is -0.0829. The van der Waals surface area contributed by atoms with E-state index in [1.165, 1.54) is 24.9 Å². The van der Waals surface area contributed by atoms with Crippen molar-refractivity contribution in [1.29, 1.82) is 0 Å². The van der Waals surface area contributed by atoms with Crippen molar-refractivity contribution in [3.63, 3.8) is 0 Å². The molecule has 0 radical (unpaired) electrons. The first-order valence-electron chi connectivity index (χ1n) is 3.97. The molecule has 0 saturated heterocycles. The number of carbonyl (C=O) groups is 1. The predicted molar refractivity (Wildman–Crippen MR) is 50.8 cm³/mol. The third-order valence-corrected chi connectivity index (χ3v) is 2.10. The molecule has 0 saturated carbocycles. The summed E-state index contributed by atoms with van der Waals surface area (Å²) >= 11 is 1.49. The Morgan fingerprint density at radius 2 is 2.23 bits per heavy atom. The number of Topliss-reactive ketones (excluding diaryl/α,β-unsaturated/α-hetero) is 1. The van der Waals surface area contributed by atoms with Crippen LogP contribution in [-0.4, -0.2) is 26.2 Å². The van der Waals surface area contributed by atoms with E-state index in [0.717, 1.165) is 0 Å². The highest BCUT2D eigenvalue weighted by atomic mass is 32.2. The van der Waals surface area contributed by atoms with Gasteiger partial charge in [0.2, 0.25) is 5.16 Å². The summed E-state index contributed by atoms with van der Waals surface area (Å²) in [5, 5.41) is 8.47. The molecule has 0 atom stereocenters. The Kier molecular flexibility index (Phi) is 3.36. The molecule has 70 valence electrons. The minimum Gasteiger partial charge on any atom is -0.293 e. The zero-order valence-corrected chi connectivity index (χ0v) is 8.63. The second-order valence-corrected chi connectivity index (χ2v) is 4.39. The molecule has 0 aliphatic carbocycles. The normalized spacial score (nSPS) is 10.5. The Morgan fingerprint density at radius 3 is 2.77 bits per heavy atom. The smallest absolute Gasteiger partial charge is 0.209 e. The Labute approximate surface area is 81.2 Å². The molecular weight excluding hydrogens is 186 g/mol. The Morgan fingerprint density at radius 1 is 1.54 bits per heavy atom. The van der Waals surface area contributed by atoms with Crippen molar-refractivity contribution < 1.29 is 4.79 Å². The molecule has 0 unspecified atom stereocenters. The van der Waals surface area contributed by atoms with Gasteiger partial charge in [0.05, 0.1) is 6.20 Å². The molecule has 0 aromatic carbocycles. The van der Waals surface area contributed by atoms with Crippen molar-refractivity contribution in [3.8, 4) is 0 Å². The number of carbonyl (C=O) groups excluding carboxylic acids is 1. The van der Waals surface area contributed by atoms with Crippen molar-refractivity contribution in [3.05, 3.63) is 11.9 Å². The van der Waals surface area contributed by atoms with E-state index in [1.807, 2.05) is 13.8 Å². The van der Waals surface area contributed by atoms with Crippen LogP contribution in [0.5, 0.6) is 0 Å². The Hall–Kier alpha value is -0.970. The molecule has 0 bridgehead atoms. The van der Waals surface area contributed by atoms with Crippen LogP contribution in [0.25, 0.3) is 0 Å². The number of hydrogen-bond donors (Lipinski definition) is 0. The molecule has 0 N–H and O–H groups in total. The average molecular weight is 197 g/mol. The highest BCUT2D eigenvalue weighted by Gasteiger charge is 2.06. The largest absolute Gasteiger partial charge is 0.293 e. The quantitative estimate of drug-likeness (QED) is 0.544. The first-order valence-corrected chi connectivity index (χ1v) is 4.85. The summed E-state index contributed by atoms with van der Waals surface area (Å²) < 4.78 is 0. The third-order valence-electron chi connectivity index (χ3n) is 1.24. The van der Waals surface area contributed by atoms with Gasteiger partial charge in [0.25, 0.3) is 0 Å². The maximum Gasteiger partial charge on any atom is 0.209 e. The fourth-order valence-electron chi connectivity index (χ4n) is 0.718. The molecule has 13 heavy (non-hydrogen) atoms. The fraction of sp³-hybridized carbons (Fsp3) is 0.500. The molecule has 1 aromatic rings. The van der Waals surface area contributed by atoms with E-state index >= 15 is 0 Å². The van der Waals surface area contributed by atoms with Gasteiger partial charge in [-0.3, -0.25) is 4.79 Å². The maximum absolute atomic E-state index is 10.9. The molecule has 1 heterocycles. The van der Waals surface area contributed by atoms with Crippen LogP contribution in [0.2, 0.25) is 0 Å². The van der Waals surface area contributed by atoms with Gasteiger partial charge in [0, 0.05) is 12.2 Å². The van der Waals surface area contributed by atoms with Gasteiger partial charge < -0.3 is 0 Å². The highest BCUT2D eigenvalue weighted by Crippen LogP contribution is 2.17. The van der Waals surface area contributed by atoms with Gasteiger partial charge in [-0.05, 0) is 0 Å². The van der Waals surface area contributed by atoms with Gasteiger partial charge in [-0.1, -0.05) is 25.6 Å². The van der Waals surface area contributed by atoms with Gasteiger partial charge in [-0.2, -0.15) is 5.10 Å². The fourth-order valence-corrected chi connectivity index (χ4v) is 1.38. The Balaban J connectivity index is 2.85. The number of ketones is 1. The van der Waals surface area contributed by atoms with Crippen LogP contribution in [0.1, 0.15) is 31.3 Å². The van der Waals surface area contributed by atoms with E-state index in [1.54, 1.807) is 0 Å². The molecule has 0 aliphatic rings. The van der Waals surface area contributed by atoms with Crippen molar-refractivity contribution in [2.45, 2.75) is 31.2 Å². The molecule has 0 amide bonds.